The number of fused-ring (bicyclic) bond motifs is 2. The van der Waals surface area contributed by atoms with Gasteiger partial charge >= 0.3 is 0 Å². The lowest BCUT2D eigenvalue weighted by atomic mass is 9.42. The summed E-state index contributed by atoms with van der Waals surface area (Å²) in [6, 6.07) is 1.73. The number of furan rings is 1. The first kappa shape index (κ1) is 18.2. The average molecular weight is 364 g/mol. The van der Waals surface area contributed by atoms with Crippen molar-refractivity contribution in [3.05, 3.63) is 24.2 Å². The zero-order valence-electron chi connectivity index (χ0n) is 15.4. The largest absolute Gasteiger partial charge is 0.472 e. The van der Waals surface area contributed by atoms with Crippen LogP contribution in [0.15, 0.2) is 23.0 Å². The van der Waals surface area contributed by atoms with Crippen molar-refractivity contribution >= 4 is 5.78 Å². The molecule has 144 valence electrons. The van der Waals surface area contributed by atoms with Gasteiger partial charge in [-0.05, 0) is 36.7 Å². The molecule has 1 saturated heterocycles. The van der Waals surface area contributed by atoms with Crippen LogP contribution >= 0.6 is 0 Å². The monoisotopic (exact) mass is 364 g/mol. The van der Waals surface area contributed by atoms with Crippen LogP contribution in [0.3, 0.4) is 0 Å². The highest BCUT2D eigenvalue weighted by Crippen LogP contribution is 2.67. The summed E-state index contributed by atoms with van der Waals surface area (Å²) < 4.78 is 10.8. The third-order valence-electron chi connectivity index (χ3n) is 7.70. The number of carbonyl (C=O) groups excluding carboxylic acids is 1. The van der Waals surface area contributed by atoms with E-state index in [0.717, 1.165) is 0 Å². The molecule has 2 aliphatic carbocycles. The first-order valence-corrected chi connectivity index (χ1v) is 9.47. The van der Waals surface area contributed by atoms with Gasteiger partial charge < -0.3 is 24.5 Å². The van der Waals surface area contributed by atoms with E-state index < -0.39 is 34.6 Å². The number of hydrogen-bond acceptors (Lipinski definition) is 6. The van der Waals surface area contributed by atoms with Gasteiger partial charge in [0.25, 0.3) is 0 Å². The molecule has 7 atom stereocenters. The quantitative estimate of drug-likeness (QED) is 0.705. The van der Waals surface area contributed by atoms with Gasteiger partial charge in [0, 0.05) is 17.9 Å². The van der Waals surface area contributed by atoms with Gasteiger partial charge in [-0.3, -0.25) is 4.79 Å². The van der Waals surface area contributed by atoms with E-state index in [-0.39, 0.29) is 18.3 Å². The SMILES string of the molecule is C[C@H]1CC(=O)[C@@]2(CO)[C@H]([C@@H](O)CC[C@@]23CO3)[C@@]1(C)C[C@H](O)c1ccoc1. The molecule has 6 heteroatoms. The number of aliphatic hydroxyl groups is 3. The number of aliphatic hydroxyl groups excluding tert-OH is 3. The van der Waals surface area contributed by atoms with E-state index in [4.69, 9.17) is 9.15 Å². The van der Waals surface area contributed by atoms with Crippen LogP contribution in [-0.2, 0) is 9.53 Å². The summed E-state index contributed by atoms with van der Waals surface area (Å²) in [6.07, 6.45) is 3.44. The van der Waals surface area contributed by atoms with Gasteiger partial charge in [-0.2, -0.15) is 0 Å². The summed E-state index contributed by atoms with van der Waals surface area (Å²) in [5.74, 6) is -0.483. The molecule has 1 aromatic heterocycles. The van der Waals surface area contributed by atoms with E-state index in [0.29, 0.717) is 37.9 Å². The fourth-order valence-corrected chi connectivity index (χ4v) is 5.96. The standard InChI is InChI=1S/C20H28O6/c1-12-7-16(24)20(10-21)17(14(22)3-5-19(20)11-26-19)18(12,2)8-15(23)13-4-6-25-9-13/h4,6,9,12,14-15,17,21-23H,3,5,7-8,10-11H2,1-2H3/t12-,14-,15-,17+,18-,19+,20-/m0/s1. The Labute approximate surface area is 153 Å². The number of epoxide rings is 1. The van der Waals surface area contributed by atoms with Crippen molar-refractivity contribution in [3.63, 3.8) is 0 Å². The molecule has 0 radical (unpaired) electrons. The second-order valence-corrected chi connectivity index (χ2v) is 8.81. The van der Waals surface area contributed by atoms with Crippen molar-refractivity contribution in [2.24, 2.45) is 22.7 Å². The molecule has 2 heterocycles. The Bertz CT molecular complexity index is 680. The molecule has 0 unspecified atom stereocenters. The van der Waals surface area contributed by atoms with Crippen molar-refractivity contribution in [2.45, 2.75) is 57.3 Å². The van der Waals surface area contributed by atoms with Crippen LogP contribution in [0.1, 0.15) is 51.2 Å². The number of ketones is 1. The highest BCUT2D eigenvalue weighted by molar-refractivity contribution is 5.89. The van der Waals surface area contributed by atoms with Gasteiger partial charge in [0.15, 0.2) is 0 Å². The van der Waals surface area contributed by atoms with Crippen molar-refractivity contribution in [2.75, 3.05) is 13.2 Å². The number of carbonyl (C=O) groups is 1. The van der Waals surface area contributed by atoms with Crippen molar-refractivity contribution in [1.82, 2.24) is 0 Å². The lowest BCUT2D eigenvalue weighted by molar-refractivity contribution is -0.201. The molecular formula is C20H28O6. The highest BCUT2D eigenvalue weighted by Gasteiger charge is 2.75. The number of Topliss-reactive ketones (excluding diaryl/α,β-unsaturated/α-hetero) is 1. The molecule has 4 rings (SSSR count). The Morgan fingerprint density at radius 1 is 1.42 bits per heavy atom. The first-order chi connectivity index (χ1) is 12.3. The lowest BCUT2D eigenvalue weighted by Crippen LogP contribution is -2.68. The van der Waals surface area contributed by atoms with E-state index >= 15 is 0 Å². The van der Waals surface area contributed by atoms with Crippen LogP contribution in [0.4, 0.5) is 0 Å². The number of hydrogen-bond donors (Lipinski definition) is 3. The molecule has 3 fully saturated rings. The summed E-state index contributed by atoms with van der Waals surface area (Å²) in [6.45, 7) is 4.17. The maximum Gasteiger partial charge on any atom is 0.145 e. The Hall–Kier alpha value is -1.21. The fourth-order valence-electron chi connectivity index (χ4n) is 5.96. The molecule has 3 N–H and O–H groups in total. The maximum absolute atomic E-state index is 13.2. The number of rotatable bonds is 4. The second kappa shape index (κ2) is 5.89. The summed E-state index contributed by atoms with van der Waals surface area (Å²) in [4.78, 5) is 13.2. The predicted octanol–water partition coefficient (Wildman–Crippen LogP) is 1.84. The molecule has 3 aliphatic rings. The lowest BCUT2D eigenvalue weighted by Gasteiger charge is -2.61. The average Bonchev–Trinajstić information content (AvgIpc) is 3.17. The summed E-state index contributed by atoms with van der Waals surface area (Å²) >= 11 is 0. The molecule has 1 aromatic rings. The molecule has 1 spiro atoms. The number of ether oxygens (including phenoxy) is 1. The fraction of sp³-hybridized carbons (Fsp3) is 0.750. The van der Waals surface area contributed by atoms with Crippen LogP contribution in [0.2, 0.25) is 0 Å². The van der Waals surface area contributed by atoms with Crippen LogP contribution in [0.5, 0.6) is 0 Å². The summed E-state index contributed by atoms with van der Waals surface area (Å²) in [5.41, 5.74) is -1.56. The minimum atomic E-state index is -1.08. The van der Waals surface area contributed by atoms with Crippen LogP contribution in [0.25, 0.3) is 0 Å². The van der Waals surface area contributed by atoms with Gasteiger partial charge in [-0.1, -0.05) is 13.8 Å². The van der Waals surface area contributed by atoms with Crippen LogP contribution in [-0.4, -0.2) is 46.0 Å². The van der Waals surface area contributed by atoms with Crippen molar-refractivity contribution in [3.8, 4) is 0 Å². The molecule has 1 aliphatic heterocycles. The molecule has 2 saturated carbocycles. The predicted molar refractivity (Wildman–Crippen MR) is 92.1 cm³/mol. The van der Waals surface area contributed by atoms with Crippen LogP contribution < -0.4 is 0 Å². The maximum atomic E-state index is 13.2. The van der Waals surface area contributed by atoms with Gasteiger partial charge in [0.1, 0.15) is 11.4 Å². The van der Waals surface area contributed by atoms with E-state index in [1.54, 1.807) is 6.07 Å². The van der Waals surface area contributed by atoms with Gasteiger partial charge in [0.05, 0.1) is 43.4 Å². The Morgan fingerprint density at radius 3 is 2.73 bits per heavy atom. The minimum absolute atomic E-state index is 0.0102. The zero-order chi connectivity index (χ0) is 18.7. The summed E-state index contributed by atoms with van der Waals surface area (Å²) in [7, 11) is 0. The molecule has 0 amide bonds. The third-order valence-corrected chi connectivity index (χ3v) is 7.70. The molecule has 0 bridgehead atoms. The van der Waals surface area contributed by atoms with Crippen molar-refractivity contribution in [1.29, 1.82) is 0 Å². The second-order valence-electron chi connectivity index (χ2n) is 8.81. The smallest absolute Gasteiger partial charge is 0.145 e. The van der Waals surface area contributed by atoms with Crippen molar-refractivity contribution < 1.29 is 29.3 Å². The van der Waals surface area contributed by atoms with E-state index in [1.165, 1.54) is 12.5 Å². The Kier molecular flexibility index (Phi) is 4.12. The first-order valence-electron chi connectivity index (χ1n) is 9.47. The van der Waals surface area contributed by atoms with Crippen LogP contribution in [0, 0.1) is 22.7 Å². The van der Waals surface area contributed by atoms with E-state index in [1.807, 2.05) is 13.8 Å². The normalized spacial score (nSPS) is 46.2. The molecular weight excluding hydrogens is 336 g/mol. The molecule has 6 nitrogen and oxygen atoms in total. The molecule has 0 aromatic carbocycles. The van der Waals surface area contributed by atoms with E-state index in [2.05, 4.69) is 0 Å². The summed E-state index contributed by atoms with van der Waals surface area (Å²) in [5, 5.41) is 32.1. The van der Waals surface area contributed by atoms with Gasteiger partial charge in [-0.25, -0.2) is 0 Å². The topological polar surface area (TPSA) is 103 Å². The zero-order valence-corrected chi connectivity index (χ0v) is 15.4. The molecule has 26 heavy (non-hydrogen) atoms. The van der Waals surface area contributed by atoms with Gasteiger partial charge in [0.2, 0.25) is 0 Å². The Morgan fingerprint density at radius 2 is 2.15 bits per heavy atom. The third kappa shape index (κ3) is 2.22. The van der Waals surface area contributed by atoms with Gasteiger partial charge in [-0.15, -0.1) is 0 Å². The highest BCUT2D eigenvalue weighted by atomic mass is 16.6. The van der Waals surface area contributed by atoms with E-state index in [9.17, 15) is 20.1 Å². The Balaban J connectivity index is 1.77. The minimum Gasteiger partial charge on any atom is -0.472 e.